The smallest absolute Gasteiger partial charge is 0.205 e. The third-order valence-corrected chi connectivity index (χ3v) is 3.64. The quantitative estimate of drug-likeness (QED) is 0.619. The molecule has 0 N–H and O–H groups in total. The SMILES string of the molecule is CCCC(C)CC(C)c1ccc(OP=S)cc1. The molecule has 0 saturated heterocycles. The first kappa shape index (κ1) is 14.6. The molecule has 0 radical (unpaired) electrons. The van der Waals surface area contributed by atoms with E-state index < -0.39 is 0 Å². The zero-order valence-electron chi connectivity index (χ0n) is 10.8. The second-order valence-corrected chi connectivity index (χ2v) is 5.54. The topological polar surface area (TPSA) is 9.23 Å². The van der Waals surface area contributed by atoms with Gasteiger partial charge in [-0.15, -0.1) is 0 Å². The molecule has 0 heterocycles. The summed E-state index contributed by atoms with van der Waals surface area (Å²) < 4.78 is 5.25. The Hall–Kier alpha value is -0.460. The van der Waals surface area contributed by atoms with Crippen LogP contribution >= 0.6 is 7.58 Å². The molecule has 1 nitrogen and oxygen atoms in total. The molecular formula is C14H21OPS. The number of rotatable bonds is 7. The predicted octanol–water partition coefficient (Wildman–Crippen LogP) is 5.32. The highest BCUT2D eigenvalue weighted by Crippen LogP contribution is 2.27. The average molecular weight is 268 g/mol. The Bertz CT molecular complexity index is 337. The largest absolute Gasteiger partial charge is 0.429 e. The maximum Gasteiger partial charge on any atom is 0.205 e. The summed E-state index contributed by atoms with van der Waals surface area (Å²) in [5.74, 6) is 2.28. The molecule has 2 unspecified atom stereocenters. The third kappa shape index (κ3) is 5.14. The first-order valence-electron chi connectivity index (χ1n) is 6.27. The fraction of sp³-hybridized carbons (Fsp3) is 0.571. The van der Waals surface area contributed by atoms with Gasteiger partial charge in [-0.1, -0.05) is 45.7 Å². The van der Waals surface area contributed by atoms with Crippen molar-refractivity contribution < 1.29 is 4.52 Å². The van der Waals surface area contributed by atoms with Crippen LogP contribution in [-0.2, 0) is 11.8 Å². The lowest BCUT2D eigenvalue weighted by molar-refractivity contribution is 0.449. The molecular weight excluding hydrogens is 247 g/mol. The van der Waals surface area contributed by atoms with Crippen molar-refractivity contribution in [1.82, 2.24) is 0 Å². The zero-order valence-corrected chi connectivity index (χ0v) is 12.6. The van der Waals surface area contributed by atoms with Crippen LogP contribution in [0, 0.1) is 5.92 Å². The number of hydrogen-bond donors (Lipinski definition) is 0. The van der Waals surface area contributed by atoms with Crippen LogP contribution in [0.3, 0.4) is 0 Å². The minimum atomic E-state index is 0.538. The Morgan fingerprint density at radius 3 is 2.41 bits per heavy atom. The van der Waals surface area contributed by atoms with E-state index in [0.29, 0.717) is 13.5 Å². The van der Waals surface area contributed by atoms with E-state index in [0.717, 1.165) is 11.7 Å². The lowest BCUT2D eigenvalue weighted by Crippen LogP contribution is -2.01. The standard InChI is InChI=1S/C14H21OPS/c1-4-5-11(2)10-12(3)13-6-8-14(9-7-13)15-16-17/h6-9,11-12H,4-5,10H2,1-3H3. The summed E-state index contributed by atoms with van der Waals surface area (Å²) in [5, 5.41) is 0. The number of hydrogen-bond acceptors (Lipinski definition) is 2. The lowest BCUT2D eigenvalue weighted by Gasteiger charge is -2.17. The fourth-order valence-electron chi connectivity index (χ4n) is 2.25. The average Bonchev–Trinajstić information content (AvgIpc) is 2.30. The first-order chi connectivity index (χ1) is 8.17. The molecule has 2 atom stereocenters. The van der Waals surface area contributed by atoms with Gasteiger partial charge in [-0.2, -0.15) is 0 Å². The monoisotopic (exact) mass is 268 g/mol. The van der Waals surface area contributed by atoms with E-state index in [4.69, 9.17) is 16.3 Å². The van der Waals surface area contributed by atoms with Crippen molar-refractivity contribution in [2.45, 2.75) is 46.0 Å². The van der Waals surface area contributed by atoms with Gasteiger partial charge in [0, 0.05) is 0 Å². The fourth-order valence-corrected chi connectivity index (χ4v) is 2.72. The van der Waals surface area contributed by atoms with E-state index in [1.165, 1.54) is 24.8 Å². The summed E-state index contributed by atoms with van der Waals surface area (Å²) in [6, 6.07) is 8.32. The van der Waals surface area contributed by atoms with Gasteiger partial charge in [-0.25, -0.2) is 0 Å². The van der Waals surface area contributed by atoms with Crippen molar-refractivity contribution >= 4 is 19.4 Å². The van der Waals surface area contributed by atoms with Gasteiger partial charge < -0.3 is 4.52 Å². The molecule has 3 heteroatoms. The van der Waals surface area contributed by atoms with Crippen LogP contribution in [-0.4, -0.2) is 0 Å². The maximum atomic E-state index is 5.25. The highest BCUT2D eigenvalue weighted by Gasteiger charge is 2.10. The molecule has 0 aliphatic rings. The Labute approximate surface area is 112 Å². The van der Waals surface area contributed by atoms with E-state index in [1.807, 2.05) is 12.1 Å². The van der Waals surface area contributed by atoms with E-state index in [-0.39, 0.29) is 0 Å². The summed E-state index contributed by atoms with van der Waals surface area (Å²) in [4.78, 5) is 0. The van der Waals surface area contributed by atoms with Gasteiger partial charge >= 0.3 is 0 Å². The van der Waals surface area contributed by atoms with Crippen LogP contribution in [0.5, 0.6) is 5.75 Å². The van der Waals surface area contributed by atoms with Crippen molar-refractivity contribution in [1.29, 1.82) is 0 Å². The van der Waals surface area contributed by atoms with Crippen LogP contribution in [0.25, 0.3) is 0 Å². The Morgan fingerprint density at radius 1 is 1.24 bits per heavy atom. The van der Waals surface area contributed by atoms with Crippen molar-refractivity contribution in [2.24, 2.45) is 5.92 Å². The summed E-state index contributed by atoms with van der Waals surface area (Å²) in [6.45, 7) is 6.89. The van der Waals surface area contributed by atoms with Gasteiger partial charge in [-0.3, -0.25) is 0 Å². The van der Waals surface area contributed by atoms with E-state index in [9.17, 15) is 0 Å². The van der Waals surface area contributed by atoms with Gasteiger partial charge in [0.1, 0.15) is 5.75 Å². The minimum absolute atomic E-state index is 0.538. The third-order valence-electron chi connectivity index (χ3n) is 3.13. The van der Waals surface area contributed by atoms with Crippen molar-refractivity contribution in [3.63, 3.8) is 0 Å². The molecule has 94 valence electrons. The van der Waals surface area contributed by atoms with Gasteiger partial charge in [0.2, 0.25) is 7.58 Å². The molecule has 1 aromatic carbocycles. The molecule has 0 amide bonds. The summed E-state index contributed by atoms with van der Waals surface area (Å²) >= 11 is 4.75. The zero-order chi connectivity index (χ0) is 12.7. The normalized spacial score (nSPS) is 14.5. The molecule has 0 aliphatic heterocycles. The molecule has 0 saturated carbocycles. The molecule has 0 spiro atoms. The molecule has 0 aliphatic carbocycles. The predicted molar refractivity (Wildman–Crippen MR) is 78.5 cm³/mol. The van der Waals surface area contributed by atoms with Gasteiger partial charge in [0.15, 0.2) is 0 Å². The van der Waals surface area contributed by atoms with Crippen molar-refractivity contribution in [3.05, 3.63) is 29.8 Å². The summed E-state index contributed by atoms with van der Waals surface area (Å²) in [7, 11) is 0.538. The summed E-state index contributed by atoms with van der Waals surface area (Å²) in [6.07, 6.45) is 3.85. The van der Waals surface area contributed by atoms with Gasteiger partial charge in [0.05, 0.1) is 0 Å². The molecule has 0 fully saturated rings. The van der Waals surface area contributed by atoms with E-state index >= 15 is 0 Å². The molecule has 0 bridgehead atoms. The lowest BCUT2D eigenvalue weighted by atomic mass is 9.89. The second-order valence-electron chi connectivity index (χ2n) is 4.77. The number of benzene rings is 1. The highest BCUT2D eigenvalue weighted by atomic mass is 32.4. The Balaban J connectivity index is 2.56. The molecule has 1 rings (SSSR count). The van der Waals surface area contributed by atoms with E-state index in [2.05, 4.69) is 32.9 Å². The Kier molecular flexibility index (Phi) is 6.69. The van der Waals surface area contributed by atoms with Crippen molar-refractivity contribution in [3.8, 4) is 5.75 Å². The van der Waals surface area contributed by atoms with Crippen LogP contribution < -0.4 is 4.52 Å². The maximum absolute atomic E-state index is 5.25. The molecule has 0 aromatic heterocycles. The van der Waals surface area contributed by atoms with Crippen LogP contribution in [0.15, 0.2) is 24.3 Å². The van der Waals surface area contributed by atoms with Gasteiger partial charge in [0.25, 0.3) is 0 Å². The second kappa shape index (κ2) is 7.79. The Morgan fingerprint density at radius 2 is 1.88 bits per heavy atom. The highest BCUT2D eigenvalue weighted by molar-refractivity contribution is 7.94. The molecule has 1 aromatic rings. The van der Waals surface area contributed by atoms with Crippen molar-refractivity contribution in [2.75, 3.05) is 0 Å². The first-order valence-corrected chi connectivity index (χ1v) is 8.09. The van der Waals surface area contributed by atoms with Crippen LogP contribution in [0.4, 0.5) is 0 Å². The summed E-state index contributed by atoms with van der Waals surface area (Å²) in [5.41, 5.74) is 1.39. The minimum Gasteiger partial charge on any atom is -0.429 e. The van der Waals surface area contributed by atoms with Crippen LogP contribution in [0.1, 0.15) is 51.5 Å². The van der Waals surface area contributed by atoms with Gasteiger partial charge in [-0.05, 0) is 47.8 Å². The van der Waals surface area contributed by atoms with Crippen LogP contribution in [0.2, 0.25) is 0 Å². The van der Waals surface area contributed by atoms with E-state index in [1.54, 1.807) is 0 Å². The molecule has 17 heavy (non-hydrogen) atoms.